The molecule has 2 fully saturated rings. The van der Waals surface area contributed by atoms with Gasteiger partial charge in [-0.1, -0.05) is 12.1 Å². The maximum Gasteiger partial charge on any atom is 0.223 e. The number of carbonyl (C=O) groups is 1. The van der Waals surface area contributed by atoms with Gasteiger partial charge in [0.25, 0.3) is 0 Å². The van der Waals surface area contributed by atoms with Crippen LogP contribution in [0.25, 0.3) is 0 Å². The molecule has 1 aliphatic carbocycles. The average molecular weight is 328 g/mol. The van der Waals surface area contributed by atoms with Crippen LogP contribution in [0, 0.1) is 12.8 Å². The molecule has 3 atom stereocenters. The molecule has 2 aromatic heterocycles. The van der Waals surface area contributed by atoms with Gasteiger partial charge in [-0.05, 0) is 44.2 Å². The van der Waals surface area contributed by atoms with Crippen LogP contribution >= 0.6 is 0 Å². The molecule has 0 N–H and O–H groups in total. The summed E-state index contributed by atoms with van der Waals surface area (Å²) in [7, 11) is 0. The highest BCUT2D eigenvalue weighted by Crippen LogP contribution is 2.47. The fourth-order valence-corrected chi connectivity index (χ4v) is 3.72. The first-order valence-corrected chi connectivity index (χ1v) is 8.93. The summed E-state index contributed by atoms with van der Waals surface area (Å²) in [6.45, 7) is 4.95. The molecule has 4 rings (SSSR count). The molecular formula is C19H24N2O3. The van der Waals surface area contributed by atoms with Crippen LogP contribution in [0.4, 0.5) is 0 Å². The highest BCUT2D eigenvalue weighted by molar-refractivity contribution is 5.77. The van der Waals surface area contributed by atoms with E-state index in [1.54, 1.807) is 0 Å². The number of nitrogens with zero attached hydrogens (tertiary/aromatic N) is 2. The summed E-state index contributed by atoms with van der Waals surface area (Å²) in [5.74, 6) is 4.31. The Morgan fingerprint density at radius 1 is 1.38 bits per heavy atom. The monoisotopic (exact) mass is 328 g/mol. The molecule has 0 unspecified atom stereocenters. The van der Waals surface area contributed by atoms with Gasteiger partial charge in [-0.25, -0.2) is 0 Å². The fraction of sp³-hybridized carbons (Fsp3) is 0.579. The molecule has 1 amide bonds. The van der Waals surface area contributed by atoms with Crippen molar-refractivity contribution in [3.05, 3.63) is 41.2 Å². The Bertz CT molecular complexity index is 733. The first-order valence-electron chi connectivity index (χ1n) is 8.93. The van der Waals surface area contributed by atoms with Crippen LogP contribution in [0.15, 0.2) is 27.1 Å². The lowest BCUT2D eigenvalue weighted by atomic mass is 10.1. The van der Waals surface area contributed by atoms with Gasteiger partial charge < -0.3 is 13.8 Å². The molecule has 1 saturated carbocycles. The molecule has 0 bridgehead atoms. The van der Waals surface area contributed by atoms with Crippen LogP contribution < -0.4 is 0 Å². The van der Waals surface area contributed by atoms with Crippen molar-refractivity contribution in [1.29, 1.82) is 0 Å². The van der Waals surface area contributed by atoms with E-state index in [9.17, 15) is 4.79 Å². The predicted octanol–water partition coefficient (Wildman–Crippen LogP) is 4.00. The van der Waals surface area contributed by atoms with E-state index in [1.165, 1.54) is 6.42 Å². The van der Waals surface area contributed by atoms with Crippen LogP contribution in [-0.4, -0.2) is 22.5 Å². The number of aryl methyl sites for hydroxylation is 2. The molecule has 24 heavy (non-hydrogen) atoms. The van der Waals surface area contributed by atoms with Gasteiger partial charge >= 0.3 is 0 Å². The van der Waals surface area contributed by atoms with E-state index in [4.69, 9.17) is 8.94 Å². The minimum Gasteiger partial charge on any atom is -0.466 e. The van der Waals surface area contributed by atoms with Crippen LogP contribution in [0.5, 0.6) is 0 Å². The summed E-state index contributed by atoms with van der Waals surface area (Å²) in [4.78, 5) is 14.6. The third-order valence-corrected chi connectivity index (χ3v) is 5.29. The quantitative estimate of drug-likeness (QED) is 0.832. The first-order chi connectivity index (χ1) is 11.6. The number of likely N-dealkylation sites (tertiary alicyclic amines) is 1. The fourth-order valence-electron chi connectivity index (χ4n) is 3.72. The van der Waals surface area contributed by atoms with Gasteiger partial charge in [-0.3, -0.25) is 4.79 Å². The van der Waals surface area contributed by atoms with Gasteiger partial charge in [-0.2, -0.15) is 0 Å². The van der Waals surface area contributed by atoms with Gasteiger partial charge in [-0.15, -0.1) is 0 Å². The zero-order valence-corrected chi connectivity index (χ0v) is 14.3. The standard InChI is InChI=1S/C19H24N2O3/c1-12-10-15(12)17-7-5-14(23-17)6-8-19(22)21-9-3-4-16(21)18-11-13(2)20-24-18/h5,7,11-12,15-16H,3-4,6,8-10H2,1-2H3/t12-,15+,16+/m1/s1. The lowest BCUT2D eigenvalue weighted by Gasteiger charge is -2.22. The van der Waals surface area contributed by atoms with Gasteiger partial charge in [0.1, 0.15) is 11.5 Å². The van der Waals surface area contributed by atoms with E-state index in [1.807, 2.05) is 24.0 Å². The predicted molar refractivity (Wildman–Crippen MR) is 88.5 cm³/mol. The molecule has 0 spiro atoms. The van der Waals surface area contributed by atoms with Crippen molar-refractivity contribution in [3.63, 3.8) is 0 Å². The Labute approximate surface area is 142 Å². The lowest BCUT2D eigenvalue weighted by molar-refractivity contribution is -0.132. The van der Waals surface area contributed by atoms with Crippen molar-refractivity contribution in [2.24, 2.45) is 5.92 Å². The summed E-state index contributed by atoms with van der Waals surface area (Å²) in [6.07, 6.45) is 4.33. The number of amides is 1. The number of hydrogen-bond acceptors (Lipinski definition) is 4. The normalized spacial score (nSPS) is 26.1. The summed E-state index contributed by atoms with van der Waals surface area (Å²) in [5, 5.41) is 3.95. The Balaban J connectivity index is 1.36. The van der Waals surface area contributed by atoms with E-state index in [0.29, 0.717) is 18.8 Å². The summed E-state index contributed by atoms with van der Waals surface area (Å²) in [5.41, 5.74) is 0.863. The van der Waals surface area contributed by atoms with E-state index in [2.05, 4.69) is 18.1 Å². The van der Waals surface area contributed by atoms with E-state index in [0.717, 1.165) is 48.3 Å². The summed E-state index contributed by atoms with van der Waals surface area (Å²) >= 11 is 0. The minimum absolute atomic E-state index is 0.0400. The van der Waals surface area contributed by atoms with Gasteiger partial charge in [0, 0.05) is 31.4 Å². The third-order valence-electron chi connectivity index (χ3n) is 5.29. The summed E-state index contributed by atoms with van der Waals surface area (Å²) < 4.78 is 11.3. The maximum atomic E-state index is 12.6. The highest BCUT2D eigenvalue weighted by atomic mass is 16.5. The van der Waals surface area contributed by atoms with Crippen molar-refractivity contribution in [2.45, 2.75) is 57.9 Å². The first kappa shape index (κ1) is 15.5. The van der Waals surface area contributed by atoms with E-state index in [-0.39, 0.29) is 11.9 Å². The Morgan fingerprint density at radius 3 is 2.92 bits per heavy atom. The van der Waals surface area contributed by atoms with Crippen LogP contribution in [0.1, 0.15) is 67.5 Å². The van der Waals surface area contributed by atoms with Crippen molar-refractivity contribution >= 4 is 5.91 Å². The second-order valence-corrected chi connectivity index (χ2v) is 7.24. The molecule has 1 aliphatic heterocycles. The van der Waals surface area contributed by atoms with Crippen LogP contribution in [0.2, 0.25) is 0 Å². The Hall–Kier alpha value is -2.04. The largest absolute Gasteiger partial charge is 0.466 e. The SMILES string of the molecule is Cc1cc([C@@H]2CCCN2C(=O)CCc2ccc([C@H]3C[C@H]3C)o2)on1. The molecule has 2 aliphatic rings. The van der Waals surface area contributed by atoms with Gasteiger partial charge in [0.05, 0.1) is 11.7 Å². The van der Waals surface area contributed by atoms with Gasteiger partial charge in [0.2, 0.25) is 5.91 Å². The number of hydrogen-bond donors (Lipinski definition) is 0. The van der Waals surface area contributed by atoms with Crippen LogP contribution in [-0.2, 0) is 11.2 Å². The van der Waals surface area contributed by atoms with Gasteiger partial charge in [0.15, 0.2) is 5.76 Å². The third kappa shape index (κ3) is 2.99. The molecular weight excluding hydrogens is 304 g/mol. The van der Waals surface area contributed by atoms with Crippen molar-refractivity contribution in [1.82, 2.24) is 10.1 Å². The summed E-state index contributed by atoms with van der Waals surface area (Å²) in [6, 6.07) is 6.07. The molecule has 2 aromatic rings. The minimum atomic E-state index is 0.0400. The molecule has 5 nitrogen and oxygen atoms in total. The van der Waals surface area contributed by atoms with E-state index < -0.39 is 0 Å². The Morgan fingerprint density at radius 2 is 2.21 bits per heavy atom. The highest BCUT2D eigenvalue weighted by Gasteiger charge is 2.36. The molecule has 1 saturated heterocycles. The van der Waals surface area contributed by atoms with Crippen molar-refractivity contribution < 1.29 is 13.7 Å². The second kappa shape index (κ2) is 6.11. The molecule has 3 heterocycles. The topological polar surface area (TPSA) is 59.5 Å². The number of furan rings is 1. The zero-order chi connectivity index (χ0) is 16.7. The lowest BCUT2D eigenvalue weighted by Crippen LogP contribution is -2.30. The number of carbonyl (C=O) groups excluding carboxylic acids is 1. The number of aromatic nitrogens is 1. The smallest absolute Gasteiger partial charge is 0.223 e. The average Bonchev–Trinajstić information content (AvgIpc) is 3.03. The molecule has 0 radical (unpaired) electrons. The molecule has 128 valence electrons. The van der Waals surface area contributed by atoms with Crippen molar-refractivity contribution in [3.8, 4) is 0 Å². The van der Waals surface area contributed by atoms with Crippen LogP contribution in [0.3, 0.4) is 0 Å². The Kier molecular flexibility index (Phi) is 3.94. The second-order valence-electron chi connectivity index (χ2n) is 7.24. The molecule has 5 heteroatoms. The zero-order valence-electron chi connectivity index (χ0n) is 14.3. The van der Waals surface area contributed by atoms with Crippen molar-refractivity contribution in [2.75, 3.05) is 6.54 Å². The number of rotatable bonds is 5. The maximum absolute atomic E-state index is 12.6. The molecule has 0 aromatic carbocycles. The van der Waals surface area contributed by atoms with E-state index >= 15 is 0 Å².